The van der Waals surface area contributed by atoms with E-state index in [1.54, 1.807) is 12.3 Å². The van der Waals surface area contributed by atoms with Gasteiger partial charge in [0.1, 0.15) is 13.0 Å². The minimum absolute atomic E-state index is 0.0212. The molecule has 2 amide bonds. The van der Waals surface area contributed by atoms with Crippen molar-refractivity contribution in [3.63, 3.8) is 0 Å². The highest BCUT2D eigenvalue weighted by atomic mass is 35.9. The number of hydrogen-bond donors (Lipinski definition) is 1. The summed E-state index contributed by atoms with van der Waals surface area (Å²) < 4.78 is 26.9. The van der Waals surface area contributed by atoms with Crippen molar-refractivity contribution in [3.8, 4) is 0 Å². The Labute approximate surface area is 132 Å². The van der Waals surface area contributed by atoms with Gasteiger partial charge in [-0.1, -0.05) is 6.92 Å². The molecule has 0 radical (unpaired) electrons. The summed E-state index contributed by atoms with van der Waals surface area (Å²) in [5, 5.41) is 2.62. The van der Waals surface area contributed by atoms with E-state index in [9.17, 15) is 9.36 Å². The van der Waals surface area contributed by atoms with Crippen LogP contribution >= 0.6 is 28.6 Å². The zero-order valence-corrected chi connectivity index (χ0v) is 13.8. The van der Waals surface area contributed by atoms with E-state index in [0.717, 1.165) is 0 Å². The third-order valence-electron chi connectivity index (χ3n) is 3.18. The van der Waals surface area contributed by atoms with Gasteiger partial charge in [-0.05, 0) is 35.0 Å². The molecule has 0 spiro atoms. The SMILES string of the molecule is C[C@H]1C[C@@H](COP(=O)(Cl)Cl)O[C@H]1N1/C=C\COCNC1=O. The van der Waals surface area contributed by atoms with Crippen LogP contribution in [0.3, 0.4) is 0 Å². The van der Waals surface area contributed by atoms with Crippen LogP contribution in [0.25, 0.3) is 0 Å². The summed E-state index contributed by atoms with van der Waals surface area (Å²) in [6.45, 7) is 2.54. The Morgan fingerprint density at radius 3 is 3.05 bits per heavy atom. The van der Waals surface area contributed by atoms with Crippen LogP contribution in [-0.4, -0.2) is 43.2 Å². The van der Waals surface area contributed by atoms with Crippen molar-refractivity contribution in [2.75, 3.05) is 19.9 Å². The van der Waals surface area contributed by atoms with Crippen LogP contribution in [0, 0.1) is 5.92 Å². The maximum atomic E-state index is 12.0. The maximum Gasteiger partial charge on any atom is 0.380 e. The Balaban J connectivity index is 1.97. The van der Waals surface area contributed by atoms with Gasteiger partial charge < -0.3 is 19.3 Å². The van der Waals surface area contributed by atoms with Gasteiger partial charge in [0.2, 0.25) is 0 Å². The molecular weight excluding hydrogens is 342 g/mol. The molecule has 1 fully saturated rings. The predicted molar refractivity (Wildman–Crippen MR) is 78.0 cm³/mol. The van der Waals surface area contributed by atoms with E-state index in [4.69, 9.17) is 36.5 Å². The third-order valence-corrected chi connectivity index (χ3v) is 4.21. The van der Waals surface area contributed by atoms with E-state index in [1.165, 1.54) is 4.90 Å². The fraction of sp³-hybridized carbons (Fsp3) is 0.727. The Morgan fingerprint density at radius 2 is 2.33 bits per heavy atom. The second-order valence-electron chi connectivity index (χ2n) is 4.86. The highest BCUT2D eigenvalue weighted by Gasteiger charge is 2.38. The van der Waals surface area contributed by atoms with Crippen LogP contribution in [0.2, 0.25) is 0 Å². The van der Waals surface area contributed by atoms with Gasteiger partial charge in [0, 0.05) is 12.1 Å². The molecule has 2 heterocycles. The minimum atomic E-state index is -3.57. The fourth-order valence-electron chi connectivity index (χ4n) is 2.29. The molecule has 0 aliphatic carbocycles. The predicted octanol–water partition coefficient (Wildman–Crippen LogP) is 2.85. The second kappa shape index (κ2) is 7.31. The lowest BCUT2D eigenvalue weighted by Crippen LogP contribution is -2.46. The molecule has 10 heteroatoms. The van der Waals surface area contributed by atoms with E-state index < -0.39 is 12.3 Å². The van der Waals surface area contributed by atoms with Crippen LogP contribution in [-0.2, 0) is 18.6 Å². The first-order valence-corrected chi connectivity index (χ1v) is 9.90. The number of nitrogens with one attached hydrogen (secondary N) is 1. The van der Waals surface area contributed by atoms with Crippen molar-refractivity contribution in [2.45, 2.75) is 25.7 Å². The van der Waals surface area contributed by atoms with Gasteiger partial charge in [-0.25, -0.2) is 4.79 Å². The van der Waals surface area contributed by atoms with Crippen LogP contribution in [0.1, 0.15) is 13.3 Å². The first-order valence-electron chi connectivity index (χ1n) is 6.47. The molecule has 7 nitrogen and oxygen atoms in total. The Morgan fingerprint density at radius 1 is 1.57 bits per heavy atom. The van der Waals surface area contributed by atoms with Crippen molar-refractivity contribution in [2.24, 2.45) is 5.92 Å². The zero-order valence-electron chi connectivity index (χ0n) is 11.4. The smallest absolute Gasteiger partial charge is 0.357 e. The van der Waals surface area contributed by atoms with Crippen molar-refractivity contribution in [1.82, 2.24) is 10.2 Å². The number of halogens is 2. The van der Waals surface area contributed by atoms with Crippen LogP contribution in [0.5, 0.6) is 0 Å². The monoisotopic (exact) mass is 358 g/mol. The molecule has 0 aromatic rings. The highest BCUT2D eigenvalue weighted by molar-refractivity contribution is 8.05. The molecule has 1 N–H and O–H groups in total. The lowest BCUT2D eigenvalue weighted by Gasteiger charge is -2.29. The van der Waals surface area contributed by atoms with Gasteiger partial charge in [0.15, 0.2) is 0 Å². The topological polar surface area (TPSA) is 77.1 Å². The number of rotatable bonds is 4. The summed E-state index contributed by atoms with van der Waals surface area (Å²) in [6.07, 6.45) is -0.309. The lowest BCUT2D eigenvalue weighted by atomic mass is 10.1. The van der Waals surface area contributed by atoms with Crippen LogP contribution < -0.4 is 5.32 Å². The van der Waals surface area contributed by atoms with Crippen LogP contribution in [0.4, 0.5) is 4.79 Å². The molecule has 0 aromatic heterocycles. The number of hydrogen-bond acceptors (Lipinski definition) is 5. The normalized spacial score (nSPS) is 32.4. The summed E-state index contributed by atoms with van der Waals surface area (Å²) in [5.41, 5.74) is 0. The van der Waals surface area contributed by atoms with Crippen molar-refractivity contribution in [1.29, 1.82) is 0 Å². The minimum Gasteiger partial charge on any atom is -0.357 e. The van der Waals surface area contributed by atoms with E-state index >= 15 is 0 Å². The molecular formula is C11H17Cl2N2O5P. The Bertz CT molecular complexity index is 458. The van der Waals surface area contributed by atoms with E-state index in [1.807, 2.05) is 6.92 Å². The van der Waals surface area contributed by atoms with Crippen molar-refractivity contribution >= 4 is 34.6 Å². The van der Waals surface area contributed by atoms with E-state index in [2.05, 4.69) is 5.32 Å². The lowest BCUT2D eigenvalue weighted by molar-refractivity contribution is -0.0431. The number of carbonyl (C=O) groups is 1. The van der Waals surface area contributed by atoms with Gasteiger partial charge >= 0.3 is 12.1 Å². The van der Waals surface area contributed by atoms with Gasteiger partial charge in [-0.15, -0.1) is 0 Å². The average Bonchev–Trinajstić information content (AvgIpc) is 2.73. The zero-order chi connectivity index (χ0) is 15.5. The summed E-state index contributed by atoms with van der Waals surface area (Å²) in [6, 6.07) is -0.301. The van der Waals surface area contributed by atoms with Gasteiger partial charge in [-0.2, -0.15) is 0 Å². The number of carbonyl (C=O) groups excluding carboxylic acids is 1. The third kappa shape index (κ3) is 5.13. The molecule has 0 saturated carbocycles. The van der Waals surface area contributed by atoms with Gasteiger partial charge in [0.25, 0.3) is 0 Å². The molecule has 3 atom stereocenters. The summed E-state index contributed by atoms with van der Waals surface area (Å²) >= 11 is 10.7. The molecule has 2 aliphatic heterocycles. The molecule has 2 aliphatic rings. The molecule has 120 valence electrons. The summed E-state index contributed by atoms with van der Waals surface area (Å²) in [7, 11) is 0. The van der Waals surface area contributed by atoms with E-state index in [-0.39, 0.29) is 31.4 Å². The number of amides is 2. The number of nitrogens with zero attached hydrogens (tertiary/aromatic N) is 1. The standard InChI is InChI=1S/C11H17Cl2N2O5P/c1-8-5-9(6-19-21(12,13)17)20-10(8)15-3-2-4-18-7-14-11(15)16/h2-3,8-10H,4-7H2,1H3,(H,14,16)/b3-2-/t8-,9-,10+/m0/s1. The van der Waals surface area contributed by atoms with E-state index in [0.29, 0.717) is 13.0 Å². The first kappa shape index (κ1) is 17.1. The van der Waals surface area contributed by atoms with Crippen molar-refractivity contribution in [3.05, 3.63) is 12.3 Å². The molecule has 21 heavy (non-hydrogen) atoms. The highest BCUT2D eigenvalue weighted by Crippen LogP contribution is 2.57. The van der Waals surface area contributed by atoms with Crippen LogP contribution in [0.15, 0.2) is 12.3 Å². The Kier molecular flexibility index (Phi) is 5.94. The maximum absolute atomic E-state index is 12.0. The molecule has 1 saturated heterocycles. The molecule has 0 unspecified atom stereocenters. The van der Waals surface area contributed by atoms with Gasteiger partial charge in [0.05, 0.1) is 19.3 Å². The molecule has 0 aromatic carbocycles. The Hall–Kier alpha value is -0.300. The summed E-state index contributed by atoms with van der Waals surface area (Å²) in [5.74, 6) is 0.0828. The average molecular weight is 359 g/mol. The summed E-state index contributed by atoms with van der Waals surface area (Å²) in [4.78, 5) is 13.5. The largest absolute Gasteiger partial charge is 0.380 e. The molecule has 2 rings (SSSR count). The quantitative estimate of drug-likeness (QED) is 0.781. The first-order chi connectivity index (χ1) is 9.87. The number of ether oxygens (including phenoxy) is 2. The fourth-order valence-corrected chi connectivity index (χ4v) is 2.97. The van der Waals surface area contributed by atoms with Gasteiger partial charge in [-0.3, -0.25) is 9.46 Å². The van der Waals surface area contributed by atoms with Crippen molar-refractivity contribution < 1.29 is 23.4 Å². The second-order valence-corrected chi connectivity index (χ2v) is 9.14. The molecule has 0 bridgehead atoms. The number of urea groups is 1.